The first-order valence-corrected chi connectivity index (χ1v) is 22.2. The lowest BCUT2D eigenvalue weighted by atomic mass is 9.85. The van der Waals surface area contributed by atoms with E-state index in [-0.39, 0.29) is 41.3 Å². The van der Waals surface area contributed by atoms with Gasteiger partial charge in [-0.05, 0) is 93.3 Å². The lowest BCUT2D eigenvalue weighted by Gasteiger charge is -2.37. The molecule has 6 rings (SSSR count). The van der Waals surface area contributed by atoms with Crippen molar-refractivity contribution in [2.75, 3.05) is 37.0 Å². The van der Waals surface area contributed by atoms with E-state index in [1.165, 1.54) is 13.2 Å². The highest BCUT2D eigenvalue weighted by Crippen LogP contribution is 2.33. The summed E-state index contributed by atoms with van der Waals surface area (Å²) in [6.45, 7) is 13.1. The third-order valence-corrected chi connectivity index (χ3v) is 12.5. The van der Waals surface area contributed by atoms with E-state index in [1.54, 1.807) is 47.4 Å². The molecule has 2 fully saturated rings. The van der Waals surface area contributed by atoms with Gasteiger partial charge in [-0.3, -0.25) is 19.2 Å². The quantitative estimate of drug-likeness (QED) is 0.0821. The molecule has 4 heterocycles. The zero-order valence-corrected chi connectivity index (χ0v) is 37.9. The molecule has 4 atom stereocenters. The maximum absolute atomic E-state index is 14.2. The van der Waals surface area contributed by atoms with Crippen molar-refractivity contribution >= 4 is 58.3 Å². The molecule has 3 unspecified atom stereocenters. The fraction of sp³-hybridized carbons (Fsp3) is 0.426. The number of thiazole rings is 1. The van der Waals surface area contributed by atoms with Crippen LogP contribution in [-0.4, -0.2) is 95.7 Å². The number of pyridine rings is 1. The summed E-state index contributed by atoms with van der Waals surface area (Å²) >= 11 is 1.59. The predicted molar refractivity (Wildman–Crippen MR) is 247 cm³/mol. The number of nitrogens with one attached hydrogen (secondary N) is 4. The standard InChI is InChI=1S/C47H59N9O6S/c1-28(31-13-15-32(16-14-31)41-29(2)50-27-63-41)51-45(59)39-12-9-23-56(39)46(60)42(47(4,5)6)54-43(57)30(3)62-34-20-24-55(25-21-34)33-17-18-37(40(26-33)61-7)53-44(58)38-11-8-10-36(52-38)35(49)19-22-48/h8,10-11,13-19,22,26-28,30,34,39,42,48H,9,12,20-21,23-25,49H2,1-7H3,(H,51,59)(H,53,58)(H,54,57)/t28?,30-,39?,42?/m1/s1. The van der Waals surface area contributed by atoms with E-state index in [9.17, 15) is 19.2 Å². The van der Waals surface area contributed by atoms with Gasteiger partial charge >= 0.3 is 0 Å². The summed E-state index contributed by atoms with van der Waals surface area (Å²) in [7, 11) is 1.54. The van der Waals surface area contributed by atoms with Crippen LogP contribution in [0.2, 0.25) is 0 Å². The number of aromatic nitrogens is 2. The summed E-state index contributed by atoms with van der Waals surface area (Å²) in [6.07, 6.45) is 4.01. The molecule has 63 heavy (non-hydrogen) atoms. The smallest absolute Gasteiger partial charge is 0.274 e. The predicted octanol–water partition coefficient (Wildman–Crippen LogP) is 6.50. The Hall–Kier alpha value is -6.13. The van der Waals surface area contributed by atoms with Gasteiger partial charge in [0.05, 0.1) is 52.4 Å². The fourth-order valence-corrected chi connectivity index (χ4v) is 8.75. The summed E-state index contributed by atoms with van der Waals surface area (Å²) in [6, 6.07) is 16.8. The van der Waals surface area contributed by atoms with Crippen LogP contribution in [0.1, 0.15) is 93.8 Å². The number of hydrogen-bond acceptors (Lipinski definition) is 12. The van der Waals surface area contributed by atoms with Gasteiger partial charge in [0.2, 0.25) is 17.7 Å². The number of ether oxygens (including phenoxy) is 2. The average molecular weight is 878 g/mol. The van der Waals surface area contributed by atoms with Gasteiger partial charge < -0.3 is 46.4 Å². The number of nitrogens with two attached hydrogens (primary N) is 1. The molecular formula is C47H59N9O6S. The van der Waals surface area contributed by atoms with E-state index in [4.69, 9.17) is 20.6 Å². The topological polar surface area (TPSA) is 205 Å². The van der Waals surface area contributed by atoms with Gasteiger partial charge in [0.1, 0.15) is 29.6 Å². The van der Waals surface area contributed by atoms with E-state index in [0.717, 1.165) is 33.6 Å². The molecule has 334 valence electrons. The number of methoxy groups -OCH3 is 1. The van der Waals surface area contributed by atoms with Crippen LogP contribution in [0.15, 0.2) is 72.3 Å². The second-order valence-electron chi connectivity index (χ2n) is 17.1. The van der Waals surface area contributed by atoms with E-state index in [2.05, 4.69) is 30.8 Å². The minimum absolute atomic E-state index is 0.164. The Balaban J connectivity index is 1.01. The lowest BCUT2D eigenvalue weighted by Crippen LogP contribution is -2.59. The normalized spacial score (nSPS) is 17.4. The molecule has 4 amide bonds. The number of benzene rings is 2. The van der Waals surface area contributed by atoms with Gasteiger partial charge in [0, 0.05) is 37.6 Å². The highest BCUT2D eigenvalue weighted by molar-refractivity contribution is 7.13. The second kappa shape index (κ2) is 20.4. The van der Waals surface area contributed by atoms with E-state index >= 15 is 0 Å². The highest BCUT2D eigenvalue weighted by Gasteiger charge is 2.42. The number of anilines is 2. The highest BCUT2D eigenvalue weighted by atomic mass is 32.1. The molecule has 2 aromatic heterocycles. The van der Waals surface area contributed by atoms with Gasteiger partial charge in [-0.1, -0.05) is 51.1 Å². The zero-order chi connectivity index (χ0) is 45.4. The molecule has 0 aliphatic carbocycles. The molecule has 4 aromatic rings. The monoisotopic (exact) mass is 877 g/mol. The third-order valence-electron chi connectivity index (χ3n) is 11.6. The van der Waals surface area contributed by atoms with Crippen molar-refractivity contribution in [3.05, 3.63) is 94.9 Å². The molecule has 0 radical (unpaired) electrons. The van der Waals surface area contributed by atoms with Crippen molar-refractivity contribution in [1.82, 2.24) is 25.5 Å². The van der Waals surface area contributed by atoms with Crippen molar-refractivity contribution in [3.63, 3.8) is 0 Å². The Morgan fingerprint density at radius 2 is 1.68 bits per heavy atom. The molecule has 0 saturated carbocycles. The van der Waals surface area contributed by atoms with Crippen LogP contribution in [0.4, 0.5) is 11.4 Å². The zero-order valence-electron chi connectivity index (χ0n) is 37.1. The molecule has 15 nitrogen and oxygen atoms in total. The van der Waals surface area contributed by atoms with Gasteiger partial charge in [-0.2, -0.15) is 0 Å². The largest absolute Gasteiger partial charge is 0.494 e. The molecule has 0 spiro atoms. The van der Waals surface area contributed by atoms with Crippen molar-refractivity contribution < 1.29 is 28.7 Å². The van der Waals surface area contributed by atoms with Crippen molar-refractivity contribution in [3.8, 4) is 16.2 Å². The minimum Gasteiger partial charge on any atom is -0.494 e. The molecule has 2 aromatic carbocycles. The number of rotatable bonds is 15. The van der Waals surface area contributed by atoms with Crippen LogP contribution >= 0.6 is 11.3 Å². The Morgan fingerprint density at radius 1 is 0.968 bits per heavy atom. The first kappa shape index (κ1) is 46.4. The molecule has 6 N–H and O–H groups in total. The summed E-state index contributed by atoms with van der Waals surface area (Å²) in [4.78, 5) is 68.3. The van der Waals surface area contributed by atoms with Crippen LogP contribution in [0.25, 0.3) is 16.1 Å². The fourth-order valence-electron chi connectivity index (χ4n) is 7.94. The number of allylic oxidation sites excluding steroid dienone is 1. The lowest BCUT2D eigenvalue weighted by molar-refractivity contribution is -0.147. The Bertz CT molecular complexity index is 2320. The molecule has 16 heteroatoms. The molecule has 2 aliphatic rings. The number of nitrogens with zero attached hydrogens (tertiary/aromatic N) is 4. The number of carbonyl (C=O) groups excluding carboxylic acids is 4. The van der Waals surface area contributed by atoms with Crippen LogP contribution in [0.5, 0.6) is 5.75 Å². The first-order chi connectivity index (χ1) is 30.1. The number of piperidine rings is 1. The number of aryl methyl sites for hydroxylation is 1. The summed E-state index contributed by atoms with van der Waals surface area (Å²) in [5, 5.41) is 16.2. The van der Waals surface area contributed by atoms with Crippen LogP contribution < -0.4 is 31.3 Å². The number of likely N-dealkylation sites (tertiary alicyclic amines) is 1. The van der Waals surface area contributed by atoms with Crippen molar-refractivity contribution in [2.45, 2.75) is 97.6 Å². The molecule has 2 aliphatic heterocycles. The van der Waals surface area contributed by atoms with E-state index in [1.807, 2.05) is 76.5 Å². The van der Waals surface area contributed by atoms with Gasteiger partial charge in [0.25, 0.3) is 5.91 Å². The Kier molecular flexibility index (Phi) is 15.0. The Morgan fingerprint density at radius 3 is 2.33 bits per heavy atom. The summed E-state index contributed by atoms with van der Waals surface area (Å²) in [5.41, 5.74) is 12.4. The van der Waals surface area contributed by atoms with Gasteiger partial charge in [0.15, 0.2) is 0 Å². The van der Waals surface area contributed by atoms with E-state index < -0.39 is 29.5 Å². The summed E-state index contributed by atoms with van der Waals surface area (Å²) < 4.78 is 11.9. The number of amides is 4. The minimum atomic E-state index is -0.871. The van der Waals surface area contributed by atoms with Crippen molar-refractivity contribution in [1.29, 1.82) is 5.41 Å². The Labute approximate surface area is 373 Å². The van der Waals surface area contributed by atoms with Crippen molar-refractivity contribution in [2.24, 2.45) is 11.1 Å². The third kappa shape index (κ3) is 11.3. The van der Waals surface area contributed by atoms with Crippen LogP contribution in [-0.2, 0) is 19.1 Å². The average Bonchev–Trinajstić information content (AvgIpc) is 3.95. The summed E-state index contributed by atoms with van der Waals surface area (Å²) in [5.74, 6) is -0.835. The van der Waals surface area contributed by atoms with E-state index in [0.29, 0.717) is 62.4 Å². The maximum Gasteiger partial charge on any atom is 0.274 e. The van der Waals surface area contributed by atoms with Crippen LogP contribution in [0.3, 0.4) is 0 Å². The van der Waals surface area contributed by atoms with Gasteiger partial charge in [-0.15, -0.1) is 11.3 Å². The number of carbonyl (C=O) groups is 4. The molecule has 0 bridgehead atoms. The maximum atomic E-state index is 14.2. The molecular weight excluding hydrogens is 819 g/mol. The second-order valence-corrected chi connectivity index (χ2v) is 18.0. The number of hydrogen-bond donors (Lipinski definition) is 5. The SMILES string of the molecule is COc1cc(N2CCC(O[C@H](C)C(=O)NC(C(=O)N3CCCC3C(=O)NC(C)c3ccc(-c4scnc4C)cc3)C(C)(C)C)CC2)ccc1NC(=O)c1cccc(C(N)=CC=N)n1. The molecule has 2 saturated heterocycles. The first-order valence-electron chi connectivity index (χ1n) is 21.3. The van der Waals surface area contributed by atoms with Crippen LogP contribution in [0, 0.1) is 17.7 Å². The van der Waals surface area contributed by atoms with Gasteiger partial charge in [-0.25, -0.2) is 9.97 Å².